The summed E-state index contributed by atoms with van der Waals surface area (Å²) in [5.41, 5.74) is 7.72. The first-order valence-electron chi connectivity index (χ1n) is 6.91. The standard InChI is InChI=1S/C17H22N2/c1-12-8-9-13(2)16(10-12)6-5-7-17-14(3)15(4)18-11-19-17/h8-11H,5-7H2,1-4H3. The lowest BCUT2D eigenvalue weighted by molar-refractivity contribution is 0.780. The van der Waals surface area contributed by atoms with Gasteiger partial charge in [0.25, 0.3) is 0 Å². The van der Waals surface area contributed by atoms with Crippen LogP contribution in [0.25, 0.3) is 0 Å². The minimum atomic E-state index is 1.03. The quantitative estimate of drug-likeness (QED) is 0.827. The maximum atomic E-state index is 4.40. The number of rotatable bonds is 4. The van der Waals surface area contributed by atoms with Gasteiger partial charge in [-0.25, -0.2) is 9.97 Å². The number of aromatic nitrogens is 2. The molecule has 19 heavy (non-hydrogen) atoms. The van der Waals surface area contributed by atoms with Crippen molar-refractivity contribution in [2.24, 2.45) is 0 Å². The van der Waals surface area contributed by atoms with Crippen molar-refractivity contribution < 1.29 is 0 Å². The van der Waals surface area contributed by atoms with Gasteiger partial charge in [-0.15, -0.1) is 0 Å². The van der Waals surface area contributed by atoms with E-state index in [-0.39, 0.29) is 0 Å². The fourth-order valence-electron chi connectivity index (χ4n) is 2.36. The second-order valence-corrected chi connectivity index (χ2v) is 5.31. The van der Waals surface area contributed by atoms with Crippen LogP contribution < -0.4 is 0 Å². The Morgan fingerprint density at radius 1 is 0.947 bits per heavy atom. The van der Waals surface area contributed by atoms with Gasteiger partial charge in [0.15, 0.2) is 0 Å². The van der Waals surface area contributed by atoms with Crippen LogP contribution in [0.4, 0.5) is 0 Å². The van der Waals surface area contributed by atoms with Gasteiger partial charge < -0.3 is 0 Å². The van der Waals surface area contributed by atoms with Crippen LogP contribution >= 0.6 is 0 Å². The third-order valence-corrected chi connectivity index (χ3v) is 3.80. The molecule has 0 fully saturated rings. The van der Waals surface area contributed by atoms with Crippen molar-refractivity contribution in [1.82, 2.24) is 9.97 Å². The maximum absolute atomic E-state index is 4.40. The SMILES string of the molecule is Cc1ccc(C)c(CCCc2ncnc(C)c2C)c1. The van der Waals surface area contributed by atoms with Crippen LogP contribution in [0.15, 0.2) is 24.5 Å². The highest BCUT2D eigenvalue weighted by Crippen LogP contribution is 2.15. The zero-order valence-electron chi connectivity index (χ0n) is 12.3. The molecule has 0 aliphatic rings. The molecule has 0 amide bonds. The lowest BCUT2D eigenvalue weighted by Crippen LogP contribution is -2.00. The largest absolute Gasteiger partial charge is 0.241 e. The minimum absolute atomic E-state index is 1.03. The van der Waals surface area contributed by atoms with E-state index in [0.29, 0.717) is 0 Å². The molecule has 2 heteroatoms. The summed E-state index contributed by atoms with van der Waals surface area (Å²) in [4.78, 5) is 8.62. The Labute approximate surface area is 115 Å². The molecule has 1 aromatic carbocycles. The molecule has 0 aliphatic heterocycles. The van der Waals surface area contributed by atoms with E-state index < -0.39 is 0 Å². The van der Waals surface area contributed by atoms with E-state index in [1.54, 1.807) is 6.33 Å². The summed E-state index contributed by atoms with van der Waals surface area (Å²) in [6, 6.07) is 6.69. The van der Waals surface area contributed by atoms with Crippen LogP contribution in [0.3, 0.4) is 0 Å². The third kappa shape index (κ3) is 3.40. The number of hydrogen-bond donors (Lipinski definition) is 0. The van der Waals surface area contributed by atoms with Crippen molar-refractivity contribution in [3.05, 3.63) is 58.2 Å². The van der Waals surface area contributed by atoms with Crippen LogP contribution in [0.1, 0.15) is 40.1 Å². The molecule has 0 radical (unpaired) electrons. The molecule has 0 N–H and O–H groups in total. The molecule has 0 spiro atoms. The molecule has 100 valence electrons. The lowest BCUT2D eigenvalue weighted by atomic mass is 9.99. The Kier molecular flexibility index (Phi) is 4.31. The predicted molar refractivity (Wildman–Crippen MR) is 79.4 cm³/mol. The van der Waals surface area contributed by atoms with Crippen LogP contribution in [0, 0.1) is 27.7 Å². The fourth-order valence-corrected chi connectivity index (χ4v) is 2.36. The average molecular weight is 254 g/mol. The van der Waals surface area contributed by atoms with Gasteiger partial charge in [-0.1, -0.05) is 23.8 Å². The van der Waals surface area contributed by atoms with Gasteiger partial charge >= 0.3 is 0 Å². The molecule has 0 saturated heterocycles. The summed E-state index contributed by atoms with van der Waals surface area (Å²) in [7, 11) is 0. The molecule has 0 saturated carbocycles. The van der Waals surface area contributed by atoms with Crippen molar-refractivity contribution in [3.63, 3.8) is 0 Å². The van der Waals surface area contributed by atoms with E-state index in [1.165, 1.54) is 27.9 Å². The van der Waals surface area contributed by atoms with Gasteiger partial charge in [-0.2, -0.15) is 0 Å². The fraction of sp³-hybridized carbons (Fsp3) is 0.412. The van der Waals surface area contributed by atoms with Crippen LogP contribution in [-0.2, 0) is 12.8 Å². The smallest absolute Gasteiger partial charge is 0.115 e. The van der Waals surface area contributed by atoms with Crippen molar-refractivity contribution in [2.45, 2.75) is 47.0 Å². The van der Waals surface area contributed by atoms with Gasteiger partial charge in [0.1, 0.15) is 6.33 Å². The van der Waals surface area contributed by atoms with Crippen molar-refractivity contribution >= 4 is 0 Å². The summed E-state index contributed by atoms with van der Waals surface area (Å²) < 4.78 is 0. The second-order valence-electron chi connectivity index (χ2n) is 5.31. The average Bonchev–Trinajstić information content (AvgIpc) is 2.38. The summed E-state index contributed by atoms with van der Waals surface area (Å²) in [6.45, 7) is 8.50. The van der Waals surface area contributed by atoms with E-state index in [4.69, 9.17) is 0 Å². The minimum Gasteiger partial charge on any atom is -0.241 e. The Morgan fingerprint density at radius 3 is 2.53 bits per heavy atom. The van der Waals surface area contributed by atoms with Gasteiger partial charge in [-0.05, 0) is 63.6 Å². The second kappa shape index (κ2) is 5.96. The highest BCUT2D eigenvalue weighted by Gasteiger charge is 2.04. The lowest BCUT2D eigenvalue weighted by Gasteiger charge is -2.09. The highest BCUT2D eigenvalue weighted by atomic mass is 14.8. The van der Waals surface area contributed by atoms with Crippen molar-refractivity contribution in [1.29, 1.82) is 0 Å². The number of hydrogen-bond acceptors (Lipinski definition) is 2. The Balaban J connectivity index is 2.00. The molecule has 1 heterocycles. The van der Waals surface area contributed by atoms with Crippen LogP contribution in [0.5, 0.6) is 0 Å². The first-order chi connectivity index (χ1) is 9.08. The van der Waals surface area contributed by atoms with Crippen LogP contribution in [0.2, 0.25) is 0 Å². The Morgan fingerprint density at radius 2 is 1.74 bits per heavy atom. The molecular formula is C17H22N2. The molecule has 0 aliphatic carbocycles. The van der Waals surface area contributed by atoms with E-state index in [9.17, 15) is 0 Å². The molecule has 1 aromatic heterocycles. The molecule has 0 unspecified atom stereocenters. The van der Waals surface area contributed by atoms with Gasteiger partial charge in [0.05, 0.1) is 0 Å². The van der Waals surface area contributed by atoms with Crippen LogP contribution in [-0.4, -0.2) is 9.97 Å². The van der Waals surface area contributed by atoms with Crippen molar-refractivity contribution in [3.8, 4) is 0 Å². The van der Waals surface area contributed by atoms with E-state index >= 15 is 0 Å². The summed E-state index contributed by atoms with van der Waals surface area (Å²) in [6.07, 6.45) is 4.97. The summed E-state index contributed by atoms with van der Waals surface area (Å²) in [5.74, 6) is 0. The topological polar surface area (TPSA) is 25.8 Å². The zero-order valence-corrected chi connectivity index (χ0v) is 12.3. The van der Waals surface area contributed by atoms with E-state index in [2.05, 4.69) is 48.9 Å². The highest BCUT2D eigenvalue weighted by molar-refractivity contribution is 5.30. The maximum Gasteiger partial charge on any atom is 0.115 e. The first-order valence-corrected chi connectivity index (χ1v) is 6.91. The molecule has 0 bridgehead atoms. The molecule has 0 atom stereocenters. The zero-order chi connectivity index (χ0) is 13.8. The van der Waals surface area contributed by atoms with E-state index in [1.807, 2.05) is 6.92 Å². The number of nitrogens with zero attached hydrogens (tertiary/aromatic N) is 2. The number of aryl methyl sites for hydroxylation is 5. The molecular weight excluding hydrogens is 232 g/mol. The Hall–Kier alpha value is -1.70. The Bertz CT molecular complexity index is 571. The molecule has 2 nitrogen and oxygen atoms in total. The predicted octanol–water partition coefficient (Wildman–Crippen LogP) is 3.89. The van der Waals surface area contributed by atoms with Gasteiger partial charge in [0, 0.05) is 11.4 Å². The normalized spacial score (nSPS) is 10.7. The third-order valence-electron chi connectivity index (χ3n) is 3.80. The monoisotopic (exact) mass is 254 g/mol. The molecule has 2 rings (SSSR count). The molecule has 2 aromatic rings. The van der Waals surface area contributed by atoms with Gasteiger partial charge in [-0.3, -0.25) is 0 Å². The summed E-state index contributed by atoms with van der Waals surface area (Å²) in [5, 5.41) is 0. The first kappa shape index (κ1) is 13.7. The summed E-state index contributed by atoms with van der Waals surface area (Å²) >= 11 is 0. The van der Waals surface area contributed by atoms with Crippen molar-refractivity contribution in [2.75, 3.05) is 0 Å². The van der Waals surface area contributed by atoms with E-state index in [0.717, 1.165) is 25.0 Å². The number of benzene rings is 1. The van der Waals surface area contributed by atoms with Gasteiger partial charge in [0.2, 0.25) is 0 Å².